The Morgan fingerprint density at radius 1 is 1.30 bits per heavy atom. The first kappa shape index (κ1) is 21.7. The van der Waals surface area contributed by atoms with Crippen LogP contribution in [-0.4, -0.2) is 55.9 Å². The molecule has 7 nitrogen and oxygen atoms in total. The molecule has 152 valence electrons. The predicted octanol–water partition coefficient (Wildman–Crippen LogP) is 2.39. The standard InChI is InChI=1S/C19H30N2O5S/c1-3-4-5-6-7-18(19(22)20-23)27(24,25)17-10-8-15(9-11-17)26-16-12-13-21(2)14-16/h8-11,16,18,23H,3-7,12-14H2,1-2H3,(H,20,22). The molecule has 2 atom stereocenters. The van der Waals surface area contributed by atoms with Crippen LogP contribution in [0.15, 0.2) is 29.2 Å². The summed E-state index contributed by atoms with van der Waals surface area (Å²) in [6.07, 6.45) is 4.68. The molecule has 0 aromatic heterocycles. The number of hydrogen-bond acceptors (Lipinski definition) is 6. The lowest BCUT2D eigenvalue weighted by Gasteiger charge is -2.17. The number of carbonyl (C=O) groups is 1. The van der Waals surface area contributed by atoms with Gasteiger partial charge in [-0.3, -0.25) is 10.0 Å². The monoisotopic (exact) mass is 398 g/mol. The summed E-state index contributed by atoms with van der Waals surface area (Å²) in [6.45, 7) is 3.88. The third-order valence-corrected chi connectivity index (χ3v) is 7.03. The van der Waals surface area contributed by atoms with Gasteiger partial charge in [0.1, 0.15) is 17.1 Å². The molecule has 2 N–H and O–H groups in total. The van der Waals surface area contributed by atoms with E-state index in [-0.39, 0.29) is 17.4 Å². The molecule has 1 aromatic carbocycles. The molecule has 27 heavy (non-hydrogen) atoms. The summed E-state index contributed by atoms with van der Waals surface area (Å²) >= 11 is 0. The van der Waals surface area contributed by atoms with E-state index in [4.69, 9.17) is 9.94 Å². The van der Waals surface area contributed by atoms with E-state index in [0.29, 0.717) is 12.2 Å². The third-order valence-electron chi connectivity index (χ3n) is 4.90. The normalized spacial score (nSPS) is 19.0. The van der Waals surface area contributed by atoms with Gasteiger partial charge < -0.3 is 9.64 Å². The van der Waals surface area contributed by atoms with Crippen molar-refractivity contribution < 1.29 is 23.2 Å². The number of likely N-dealkylation sites (N-methyl/N-ethyl adjacent to an activating group) is 1. The highest BCUT2D eigenvalue weighted by molar-refractivity contribution is 7.92. The first-order valence-corrected chi connectivity index (χ1v) is 11.1. The molecule has 1 aliphatic rings. The number of unbranched alkanes of at least 4 members (excludes halogenated alkanes) is 3. The molecule has 1 aromatic rings. The molecule has 8 heteroatoms. The van der Waals surface area contributed by atoms with Gasteiger partial charge in [0.15, 0.2) is 9.84 Å². The fraction of sp³-hybridized carbons (Fsp3) is 0.632. The number of carbonyl (C=O) groups excluding carboxylic acids is 1. The molecule has 0 aliphatic carbocycles. The van der Waals surface area contributed by atoms with Crippen LogP contribution < -0.4 is 10.2 Å². The van der Waals surface area contributed by atoms with E-state index in [1.807, 2.05) is 7.05 Å². The topological polar surface area (TPSA) is 95.9 Å². The lowest BCUT2D eigenvalue weighted by molar-refractivity contribution is -0.128. The van der Waals surface area contributed by atoms with Crippen LogP contribution in [0.3, 0.4) is 0 Å². The van der Waals surface area contributed by atoms with Crippen LogP contribution in [0.2, 0.25) is 0 Å². The van der Waals surface area contributed by atoms with Gasteiger partial charge in [-0.2, -0.15) is 0 Å². The first-order chi connectivity index (χ1) is 12.9. The van der Waals surface area contributed by atoms with Crippen molar-refractivity contribution in [2.75, 3.05) is 20.1 Å². The van der Waals surface area contributed by atoms with Crippen LogP contribution in [0.25, 0.3) is 0 Å². The molecule has 1 heterocycles. The van der Waals surface area contributed by atoms with E-state index < -0.39 is 21.0 Å². The molecule has 1 saturated heterocycles. The fourth-order valence-electron chi connectivity index (χ4n) is 3.31. The number of ether oxygens (including phenoxy) is 1. The van der Waals surface area contributed by atoms with Crippen molar-refractivity contribution in [3.63, 3.8) is 0 Å². The lowest BCUT2D eigenvalue weighted by Crippen LogP contribution is -2.38. The lowest BCUT2D eigenvalue weighted by atomic mass is 10.1. The summed E-state index contributed by atoms with van der Waals surface area (Å²) in [4.78, 5) is 14.2. The minimum absolute atomic E-state index is 0.0579. The van der Waals surface area contributed by atoms with Gasteiger partial charge in [-0.15, -0.1) is 0 Å². The highest BCUT2D eigenvalue weighted by Crippen LogP contribution is 2.25. The molecular formula is C19H30N2O5S. The second kappa shape index (κ2) is 10.1. The SMILES string of the molecule is CCCCCCC(C(=O)NO)S(=O)(=O)c1ccc(OC2CCN(C)C2)cc1. The van der Waals surface area contributed by atoms with Gasteiger partial charge in [0.2, 0.25) is 0 Å². The van der Waals surface area contributed by atoms with Gasteiger partial charge in [0.25, 0.3) is 5.91 Å². The Labute approximate surface area is 161 Å². The number of rotatable bonds is 10. The smallest absolute Gasteiger partial charge is 0.262 e. The number of benzene rings is 1. The highest BCUT2D eigenvalue weighted by Gasteiger charge is 2.33. The molecule has 0 bridgehead atoms. The van der Waals surface area contributed by atoms with Gasteiger partial charge in [-0.1, -0.05) is 32.6 Å². The van der Waals surface area contributed by atoms with Gasteiger partial charge in [-0.25, -0.2) is 13.9 Å². The molecule has 0 spiro atoms. The maximum Gasteiger partial charge on any atom is 0.262 e. The molecule has 2 rings (SSSR count). The average Bonchev–Trinajstić information content (AvgIpc) is 3.06. The quantitative estimate of drug-likeness (QED) is 0.357. The van der Waals surface area contributed by atoms with Crippen molar-refractivity contribution >= 4 is 15.7 Å². The van der Waals surface area contributed by atoms with Gasteiger partial charge in [-0.05, 0) is 44.2 Å². The van der Waals surface area contributed by atoms with Crippen LogP contribution in [-0.2, 0) is 14.6 Å². The zero-order valence-corrected chi connectivity index (χ0v) is 16.9. The molecule has 1 aliphatic heterocycles. The molecule has 0 saturated carbocycles. The Kier molecular flexibility index (Phi) is 8.07. The van der Waals surface area contributed by atoms with Crippen molar-refractivity contribution in [3.05, 3.63) is 24.3 Å². The van der Waals surface area contributed by atoms with E-state index in [1.54, 1.807) is 12.1 Å². The fourth-order valence-corrected chi connectivity index (χ4v) is 4.97. The summed E-state index contributed by atoms with van der Waals surface area (Å²) in [5.74, 6) is -0.277. The Bertz CT molecular complexity index is 705. The molecule has 0 radical (unpaired) electrons. The zero-order chi connectivity index (χ0) is 19.9. The maximum absolute atomic E-state index is 12.9. The van der Waals surface area contributed by atoms with Crippen molar-refractivity contribution in [2.24, 2.45) is 0 Å². The molecule has 2 unspecified atom stereocenters. The van der Waals surface area contributed by atoms with Gasteiger partial charge in [0.05, 0.1) is 4.90 Å². The van der Waals surface area contributed by atoms with E-state index >= 15 is 0 Å². The van der Waals surface area contributed by atoms with Crippen molar-refractivity contribution in [2.45, 2.75) is 61.7 Å². The van der Waals surface area contributed by atoms with Crippen molar-refractivity contribution in [1.82, 2.24) is 10.4 Å². The highest BCUT2D eigenvalue weighted by atomic mass is 32.2. The number of hydroxylamine groups is 1. The Morgan fingerprint density at radius 2 is 2.00 bits per heavy atom. The molecular weight excluding hydrogens is 368 g/mol. The first-order valence-electron chi connectivity index (χ1n) is 9.51. The Balaban J connectivity index is 2.08. The minimum atomic E-state index is -3.89. The van der Waals surface area contributed by atoms with E-state index in [9.17, 15) is 13.2 Å². The van der Waals surface area contributed by atoms with Crippen molar-refractivity contribution in [1.29, 1.82) is 0 Å². The summed E-state index contributed by atoms with van der Waals surface area (Å²) in [5.41, 5.74) is 1.50. The van der Waals surface area contributed by atoms with Gasteiger partial charge >= 0.3 is 0 Å². The van der Waals surface area contributed by atoms with E-state index in [1.165, 1.54) is 17.6 Å². The van der Waals surface area contributed by atoms with Crippen LogP contribution in [0.5, 0.6) is 5.75 Å². The number of nitrogens with one attached hydrogen (secondary N) is 1. The second-order valence-corrected chi connectivity index (χ2v) is 9.25. The van der Waals surface area contributed by atoms with E-state index in [2.05, 4.69) is 11.8 Å². The van der Waals surface area contributed by atoms with Crippen LogP contribution in [0, 0.1) is 0 Å². The maximum atomic E-state index is 12.9. The number of nitrogens with zero attached hydrogens (tertiary/aromatic N) is 1. The number of likely N-dealkylation sites (tertiary alicyclic amines) is 1. The van der Waals surface area contributed by atoms with Crippen molar-refractivity contribution in [3.8, 4) is 5.75 Å². The molecule has 1 fully saturated rings. The second-order valence-electron chi connectivity index (χ2n) is 7.12. The van der Waals surface area contributed by atoms with Gasteiger partial charge in [0, 0.05) is 13.1 Å². The summed E-state index contributed by atoms with van der Waals surface area (Å²) in [7, 11) is -1.85. The van der Waals surface area contributed by atoms with Crippen LogP contribution in [0.4, 0.5) is 0 Å². The zero-order valence-electron chi connectivity index (χ0n) is 16.1. The summed E-state index contributed by atoms with van der Waals surface area (Å²) in [6, 6.07) is 6.17. The largest absolute Gasteiger partial charge is 0.489 e. The minimum Gasteiger partial charge on any atom is -0.489 e. The Hall–Kier alpha value is -1.64. The van der Waals surface area contributed by atoms with Crippen LogP contribution in [0.1, 0.15) is 45.4 Å². The predicted molar refractivity (Wildman–Crippen MR) is 103 cm³/mol. The number of amides is 1. The molecule has 1 amide bonds. The third kappa shape index (κ3) is 5.92. The van der Waals surface area contributed by atoms with Crippen LogP contribution >= 0.6 is 0 Å². The Morgan fingerprint density at radius 3 is 2.56 bits per heavy atom. The average molecular weight is 399 g/mol. The van der Waals surface area contributed by atoms with E-state index in [0.717, 1.165) is 38.8 Å². The summed E-state index contributed by atoms with van der Waals surface area (Å²) in [5, 5.41) is 7.66. The summed E-state index contributed by atoms with van der Waals surface area (Å²) < 4.78 is 31.6. The number of sulfone groups is 1. The number of hydrogen-bond donors (Lipinski definition) is 2.